The van der Waals surface area contributed by atoms with Crippen LogP contribution in [-0.2, 0) is 16.4 Å². The molecule has 0 atom stereocenters. The van der Waals surface area contributed by atoms with E-state index in [9.17, 15) is 8.42 Å². The van der Waals surface area contributed by atoms with E-state index in [1.807, 2.05) is 30.3 Å². The molecule has 0 unspecified atom stereocenters. The van der Waals surface area contributed by atoms with Crippen molar-refractivity contribution in [2.24, 2.45) is 0 Å². The molecule has 40 heavy (non-hydrogen) atoms. The van der Waals surface area contributed by atoms with Crippen molar-refractivity contribution in [3.8, 4) is 5.75 Å². The first kappa shape index (κ1) is 28.3. The third-order valence-corrected chi connectivity index (χ3v) is 9.01. The van der Waals surface area contributed by atoms with E-state index in [1.165, 1.54) is 16.8 Å². The minimum Gasteiger partial charge on any atom is -0.494 e. The molecule has 0 radical (unpaired) electrons. The fourth-order valence-corrected chi connectivity index (χ4v) is 6.57. The lowest BCUT2D eigenvalue weighted by Gasteiger charge is -2.36. The molecule has 3 heterocycles. The van der Waals surface area contributed by atoms with Crippen LogP contribution in [0.15, 0.2) is 42.6 Å². The number of nitrogens with zero attached hydrogens (tertiary/aromatic N) is 5. The Hall–Kier alpha value is -3.28. The van der Waals surface area contributed by atoms with E-state index in [2.05, 4.69) is 50.6 Å². The van der Waals surface area contributed by atoms with Crippen LogP contribution in [0.4, 0.5) is 34.5 Å². The highest BCUT2D eigenvalue weighted by Gasteiger charge is 2.27. The van der Waals surface area contributed by atoms with E-state index in [0.29, 0.717) is 46.5 Å². The SMILES string of the molecule is COc1cc(N2CCC(N(C)C)CC2)ccc1Nc1ncc(Cl)c(Nc2cccc3c2N(S(C)(=O)=O)CCC3)n1. The molecule has 1 fully saturated rings. The summed E-state index contributed by atoms with van der Waals surface area (Å²) in [7, 11) is 2.48. The zero-order valence-electron chi connectivity index (χ0n) is 23.3. The number of hydrogen-bond acceptors (Lipinski definition) is 9. The van der Waals surface area contributed by atoms with Gasteiger partial charge in [-0.1, -0.05) is 23.7 Å². The number of methoxy groups -OCH3 is 1. The van der Waals surface area contributed by atoms with Gasteiger partial charge in [0, 0.05) is 37.4 Å². The van der Waals surface area contributed by atoms with Crippen LogP contribution in [0.25, 0.3) is 0 Å². The fourth-order valence-electron chi connectivity index (χ4n) is 5.43. The Bertz CT molecular complexity index is 1480. The topological polar surface area (TPSA) is 103 Å². The number of piperidine rings is 1. The van der Waals surface area contributed by atoms with Gasteiger partial charge in [0.05, 0.1) is 36.6 Å². The van der Waals surface area contributed by atoms with Crippen molar-refractivity contribution in [3.63, 3.8) is 0 Å². The van der Waals surface area contributed by atoms with Gasteiger partial charge in [-0.2, -0.15) is 4.98 Å². The molecule has 214 valence electrons. The largest absolute Gasteiger partial charge is 0.494 e. The number of anilines is 6. The first-order chi connectivity index (χ1) is 19.1. The highest BCUT2D eigenvalue weighted by atomic mass is 35.5. The first-order valence-electron chi connectivity index (χ1n) is 13.4. The van der Waals surface area contributed by atoms with Crippen LogP contribution in [0.2, 0.25) is 5.02 Å². The number of hydrogen-bond donors (Lipinski definition) is 2. The summed E-state index contributed by atoms with van der Waals surface area (Å²) >= 11 is 6.47. The van der Waals surface area contributed by atoms with Crippen LogP contribution < -0.4 is 24.6 Å². The molecule has 1 saturated heterocycles. The average molecular weight is 586 g/mol. The third kappa shape index (κ3) is 6.06. The van der Waals surface area contributed by atoms with Crippen molar-refractivity contribution in [2.75, 3.05) is 66.9 Å². The van der Waals surface area contributed by atoms with Crippen molar-refractivity contribution < 1.29 is 13.2 Å². The van der Waals surface area contributed by atoms with Crippen LogP contribution >= 0.6 is 11.6 Å². The van der Waals surface area contributed by atoms with Gasteiger partial charge in [-0.3, -0.25) is 4.31 Å². The molecular weight excluding hydrogens is 550 g/mol. The van der Waals surface area contributed by atoms with Crippen molar-refractivity contribution in [3.05, 3.63) is 53.2 Å². The molecule has 0 saturated carbocycles. The lowest BCUT2D eigenvalue weighted by Crippen LogP contribution is -2.41. The Morgan fingerprint density at radius 1 is 1.07 bits per heavy atom. The number of fused-ring (bicyclic) bond motifs is 1. The van der Waals surface area contributed by atoms with E-state index in [0.717, 1.165) is 55.7 Å². The Morgan fingerprint density at radius 2 is 1.85 bits per heavy atom. The number of aryl methyl sites for hydroxylation is 1. The molecule has 2 aliphatic rings. The summed E-state index contributed by atoms with van der Waals surface area (Å²) in [6.07, 6.45) is 6.54. The molecule has 0 spiro atoms. The lowest BCUT2D eigenvalue weighted by molar-refractivity contribution is 0.249. The summed E-state index contributed by atoms with van der Waals surface area (Å²) in [5, 5.41) is 6.81. The summed E-state index contributed by atoms with van der Waals surface area (Å²) in [6, 6.07) is 12.4. The maximum absolute atomic E-state index is 12.5. The number of aromatic nitrogens is 2. The number of para-hydroxylation sites is 1. The van der Waals surface area contributed by atoms with Crippen molar-refractivity contribution in [1.29, 1.82) is 0 Å². The van der Waals surface area contributed by atoms with Gasteiger partial charge < -0.3 is 25.2 Å². The molecule has 12 heteroatoms. The molecule has 3 aromatic rings. The minimum atomic E-state index is -3.44. The Labute approximate surface area is 241 Å². The van der Waals surface area contributed by atoms with Crippen LogP contribution in [0.5, 0.6) is 5.75 Å². The Morgan fingerprint density at radius 3 is 2.55 bits per heavy atom. The molecule has 10 nitrogen and oxygen atoms in total. The predicted molar refractivity (Wildman–Crippen MR) is 162 cm³/mol. The first-order valence-corrected chi connectivity index (χ1v) is 15.6. The standard InChI is InChI=1S/C28H36ClN7O3S/c1-34(2)20-12-15-35(16-13-20)21-10-11-23(25(17-21)39-3)32-28-30-18-22(29)27(33-28)31-24-9-5-7-19-8-6-14-36(26(19)24)40(4,37)38/h5,7,9-11,17-18,20H,6,8,12-16H2,1-4H3,(H2,30,31,32,33). The highest BCUT2D eigenvalue weighted by Crippen LogP contribution is 2.39. The van der Waals surface area contributed by atoms with Crippen LogP contribution in [0, 0.1) is 0 Å². The third-order valence-electron chi connectivity index (χ3n) is 7.57. The Balaban J connectivity index is 1.37. The molecule has 2 N–H and O–H groups in total. The number of nitrogens with one attached hydrogen (secondary N) is 2. The molecule has 0 bridgehead atoms. The number of ether oxygens (including phenoxy) is 1. The summed E-state index contributed by atoms with van der Waals surface area (Å²) in [6.45, 7) is 2.42. The van der Waals surface area contributed by atoms with Crippen LogP contribution in [-0.4, -0.2) is 76.4 Å². The molecule has 2 aliphatic heterocycles. The van der Waals surface area contributed by atoms with Gasteiger partial charge in [0.15, 0.2) is 5.82 Å². The lowest BCUT2D eigenvalue weighted by atomic mass is 10.0. The van der Waals surface area contributed by atoms with Gasteiger partial charge in [0.25, 0.3) is 0 Å². The zero-order chi connectivity index (χ0) is 28.4. The predicted octanol–water partition coefficient (Wildman–Crippen LogP) is 4.87. The minimum absolute atomic E-state index is 0.313. The zero-order valence-corrected chi connectivity index (χ0v) is 24.9. The van der Waals surface area contributed by atoms with E-state index >= 15 is 0 Å². The van der Waals surface area contributed by atoms with Crippen molar-refractivity contribution >= 4 is 56.1 Å². The average Bonchev–Trinajstić information content (AvgIpc) is 2.94. The van der Waals surface area contributed by atoms with Gasteiger partial charge in [-0.05, 0) is 63.5 Å². The quantitative estimate of drug-likeness (QED) is 0.383. The number of rotatable bonds is 8. The molecule has 0 amide bonds. The highest BCUT2D eigenvalue weighted by molar-refractivity contribution is 7.92. The summed E-state index contributed by atoms with van der Waals surface area (Å²) < 4.78 is 32.2. The van der Waals surface area contributed by atoms with Gasteiger partial charge in [-0.15, -0.1) is 0 Å². The molecule has 0 aliphatic carbocycles. The summed E-state index contributed by atoms with van der Waals surface area (Å²) in [5.74, 6) is 1.38. The van der Waals surface area contributed by atoms with Gasteiger partial charge in [-0.25, -0.2) is 13.4 Å². The maximum Gasteiger partial charge on any atom is 0.232 e. The molecule has 1 aromatic heterocycles. The Kier molecular flexibility index (Phi) is 8.25. The van der Waals surface area contributed by atoms with Crippen LogP contribution in [0.1, 0.15) is 24.8 Å². The number of benzene rings is 2. The van der Waals surface area contributed by atoms with Gasteiger partial charge >= 0.3 is 0 Å². The second kappa shape index (κ2) is 11.7. The van der Waals surface area contributed by atoms with E-state index < -0.39 is 10.0 Å². The van der Waals surface area contributed by atoms with E-state index in [1.54, 1.807) is 7.11 Å². The second-order valence-electron chi connectivity index (χ2n) is 10.5. The number of halogens is 1. The maximum atomic E-state index is 12.5. The normalized spacial score (nSPS) is 16.1. The van der Waals surface area contributed by atoms with E-state index in [4.69, 9.17) is 16.3 Å². The van der Waals surface area contributed by atoms with Crippen molar-refractivity contribution in [1.82, 2.24) is 14.9 Å². The fraction of sp³-hybridized carbons (Fsp3) is 0.429. The van der Waals surface area contributed by atoms with Crippen molar-refractivity contribution in [2.45, 2.75) is 31.7 Å². The van der Waals surface area contributed by atoms with Gasteiger partial charge in [0.1, 0.15) is 10.8 Å². The monoisotopic (exact) mass is 585 g/mol. The summed E-state index contributed by atoms with van der Waals surface area (Å²) in [5.41, 5.74) is 4.05. The van der Waals surface area contributed by atoms with Gasteiger partial charge in [0.2, 0.25) is 16.0 Å². The second-order valence-corrected chi connectivity index (χ2v) is 12.8. The molecular formula is C28H36ClN7O3S. The molecule has 5 rings (SSSR count). The summed E-state index contributed by atoms with van der Waals surface area (Å²) in [4.78, 5) is 13.6. The van der Waals surface area contributed by atoms with Crippen LogP contribution in [0.3, 0.4) is 0 Å². The number of sulfonamides is 1. The molecule has 2 aromatic carbocycles. The van der Waals surface area contributed by atoms with E-state index in [-0.39, 0.29) is 0 Å². The smallest absolute Gasteiger partial charge is 0.232 e.